The maximum absolute atomic E-state index is 5.73. The highest BCUT2D eigenvalue weighted by molar-refractivity contribution is 6.07. The molecule has 1 aromatic rings. The third-order valence-corrected chi connectivity index (χ3v) is 3.72. The third kappa shape index (κ3) is 5.14. The van der Waals surface area contributed by atoms with E-state index >= 15 is 0 Å². The fraction of sp³-hybridized carbons (Fsp3) is 0.474. The standard InChI is InChI=1S/C19H29N3/c1-6-9-17(13-20)19(8-3)22-15(5)21-18-11-10-16(7-2)14(4)12-18/h10-13H,6-9,20H2,1-5H3/b17-13-,21-15?,22-19?. The first-order valence-electron chi connectivity index (χ1n) is 8.19. The molecule has 0 aliphatic heterocycles. The maximum atomic E-state index is 5.73. The molecule has 3 heteroatoms. The molecule has 22 heavy (non-hydrogen) atoms. The molecular weight excluding hydrogens is 270 g/mol. The average molecular weight is 299 g/mol. The van der Waals surface area contributed by atoms with Crippen molar-refractivity contribution < 1.29 is 0 Å². The van der Waals surface area contributed by atoms with Crippen LogP contribution in [0, 0.1) is 6.92 Å². The number of aliphatic imine (C=N–C) groups is 2. The molecule has 2 N–H and O–H groups in total. The van der Waals surface area contributed by atoms with Crippen molar-refractivity contribution in [1.82, 2.24) is 0 Å². The van der Waals surface area contributed by atoms with Crippen molar-refractivity contribution in [1.29, 1.82) is 0 Å². The molecule has 0 heterocycles. The van der Waals surface area contributed by atoms with Crippen molar-refractivity contribution in [2.75, 3.05) is 0 Å². The van der Waals surface area contributed by atoms with E-state index in [1.54, 1.807) is 6.20 Å². The zero-order chi connectivity index (χ0) is 16.5. The molecular formula is C19H29N3. The number of nitrogens with zero attached hydrogens (tertiary/aromatic N) is 2. The summed E-state index contributed by atoms with van der Waals surface area (Å²) in [5, 5.41) is 0. The van der Waals surface area contributed by atoms with Crippen molar-refractivity contribution in [3.05, 3.63) is 41.1 Å². The first-order chi connectivity index (χ1) is 10.5. The summed E-state index contributed by atoms with van der Waals surface area (Å²) in [6.45, 7) is 10.5. The normalized spacial score (nSPS) is 13.6. The maximum Gasteiger partial charge on any atom is 0.126 e. The van der Waals surface area contributed by atoms with Gasteiger partial charge in [-0.2, -0.15) is 0 Å². The Morgan fingerprint density at radius 2 is 1.95 bits per heavy atom. The lowest BCUT2D eigenvalue weighted by Crippen LogP contribution is -2.06. The lowest BCUT2D eigenvalue weighted by molar-refractivity contribution is 0.926. The summed E-state index contributed by atoms with van der Waals surface area (Å²) >= 11 is 0. The third-order valence-electron chi connectivity index (χ3n) is 3.72. The van der Waals surface area contributed by atoms with Gasteiger partial charge < -0.3 is 5.73 Å². The Bertz CT molecular complexity index is 580. The van der Waals surface area contributed by atoms with Gasteiger partial charge in [0, 0.05) is 5.71 Å². The van der Waals surface area contributed by atoms with Gasteiger partial charge in [0.25, 0.3) is 0 Å². The molecule has 1 aromatic carbocycles. The lowest BCUT2D eigenvalue weighted by Gasteiger charge is -2.08. The monoisotopic (exact) mass is 299 g/mol. The van der Waals surface area contributed by atoms with Crippen LogP contribution >= 0.6 is 0 Å². The summed E-state index contributed by atoms with van der Waals surface area (Å²) < 4.78 is 0. The molecule has 0 saturated carbocycles. The number of hydrogen-bond acceptors (Lipinski definition) is 2. The van der Waals surface area contributed by atoms with E-state index in [0.29, 0.717) is 0 Å². The Labute approximate surface area is 135 Å². The SMILES string of the molecule is CCC/C(=C/N)C(CC)=NC(C)=Nc1ccc(CC)c(C)c1. The lowest BCUT2D eigenvalue weighted by atomic mass is 10.0. The first-order valence-corrected chi connectivity index (χ1v) is 8.19. The second-order valence-corrected chi connectivity index (χ2v) is 5.48. The van der Waals surface area contributed by atoms with Gasteiger partial charge in [0.15, 0.2) is 0 Å². The van der Waals surface area contributed by atoms with Crippen LogP contribution in [0.4, 0.5) is 5.69 Å². The zero-order valence-electron chi connectivity index (χ0n) is 14.6. The number of rotatable bonds is 6. The highest BCUT2D eigenvalue weighted by Gasteiger charge is 2.05. The van der Waals surface area contributed by atoms with E-state index in [2.05, 4.69) is 55.9 Å². The molecule has 0 atom stereocenters. The number of benzene rings is 1. The smallest absolute Gasteiger partial charge is 0.126 e. The predicted octanol–water partition coefficient (Wildman–Crippen LogP) is 5.10. The van der Waals surface area contributed by atoms with E-state index < -0.39 is 0 Å². The van der Waals surface area contributed by atoms with Crippen molar-refractivity contribution in [2.24, 2.45) is 15.7 Å². The van der Waals surface area contributed by atoms with Crippen LogP contribution in [0.1, 0.15) is 58.1 Å². The molecule has 0 unspecified atom stereocenters. The van der Waals surface area contributed by atoms with Crippen LogP contribution in [0.15, 0.2) is 40.0 Å². The first kappa shape index (κ1) is 18.1. The minimum Gasteiger partial charge on any atom is -0.404 e. The predicted molar refractivity (Wildman–Crippen MR) is 98.2 cm³/mol. The van der Waals surface area contributed by atoms with E-state index in [9.17, 15) is 0 Å². The van der Waals surface area contributed by atoms with Crippen molar-refractivity contribution in [3.8, 4) is 0 Å². The second kappa shape index (κ2) is 9.19. The van der Waals surface area contributed by atoms with Gasteiger partial charge in [-0.25, -0.2) is 9.98 Å². The minimum absolute atomic E-state index is 0.774. The Kier molecular flexibility index (Phi) is 7.58. The van der Waals surface area contributed by atoms with Crippen LogP contribution in [0.5, 0.6) is 0 Å². The van der Waals surface area contributed by atoms with Crippen LogP contribution in [0.2, 0.25) is 0 Å². The van der Waals surface area contributed by atoms with E-state index in [-0.39, 0.29) is 0 Å². The highest BCUT2D eigenvalue weighted by Crippen LogP contribution is 2.19. The fourth-order valence-electron chi connectivity index (χ4n) is 2.52. The van der Waals surface area contributed by atoms with Gasteiger partial charge in [-0.1, -0.05) is 33.3 Å². The number of aryl methyl sites for hydroxylation is 2. The largest absolute Gasteiger partial charge is 0.404 e. The summed E-state index contributed by atoms with van der Waals surface area (Å²) in [6, 6.07) is 6.32. The zero-order valence-corrected chi connectivity index (χ0v) is 14.6. The Morgan fingerprint density at radius 1 is 1.23 bits per heavy atom. The Hall–Kier alpha value is -1.90. The molecule has 0 aliphatic carbocycles. The van der Waals surface area contributed by atoms with E-state index in [4.69, 9.17) is 5.73 Å². The van der Waals surface area contributed by atoms with Gasteiger partial charge in [-0.15, -0.1) is 0 Å². The van der Waals surface area contributed by atoms with Crippen LogP contribution in [0.25, 0.3) is 0 Å². The van der Waals surface area contributed by atoms with Gasteiger partial charge in [0.05, 0.1) is 5.69 Å². The number of allylic oxidation sites excluding steroid dienone is 1. The minimum atomic E-state index is 0.774. The topological polar surface area (TPSA) is 50.7 Å². The van der Waals surface area contributed by atoms with Crippen molar-refractivity contribution >= 4 is 17.2 Å². The number of hydrogen-bond donors (Lipinski definition) is 1. The van der Waals surface area contributed by atoms with Gasteiger partial charge in [0.1, 0.15) is 5.84 Å². The summed E-state index contributed by atoms with van der Waals surface area (Å²) in [4.78, 5) is 9.29. The Morgan fingerprint density at radius 3 is 2.45 bits per heavy atom. The molecule has 1 rings (SSSR count). The number of amidine groups is 1. The van der Waals surface area contributed by atoms with Crippen molar-refractivity contribution in [2.45, 2.75) is 60.3 Å². The van der Waals surface area contributed by atoms with Crippen LogP contribution in [-0.4, -0.2) is 11.5 Å². The molecule has 0 bridgehead atoms. The van der Waals surface area contributed by atoms with Gasteiger partial charge in [-0.3, -0.25) is 0 Å². The molecule has 0 spiro atoms. The average Bonchev–Trinajstić information content (AvgIpc) is 2.50. The van der Waals surface area contributed by atoms with Crippen LogP contribution < -0.4 is 5.73 Å². The van der Waals surface area contributed by atoms with E-state index in [1.165, 1.54) is 11.1 Å². The Balaban J connectivity index is 3.04. The van der Waals surface area contributed by atoms with E-state index in [1.807, 2.05) is 6.92 Å². The number of nitrogens with two attached hydrogens (primary N) is 1. The van der Waals surface area contributed by atoms with Gasteiger partial charge >= 0.3 is 0 Å². The summed E-state index contributed by atoms with van der Waals surface area (Å²) in [5.41, 5.74) is 11.5. The van der Waals surface area contributed by atoms with Gasteiger partial charge in [-0.05, 0) is 68.1 Å². The van der Waals surface area contributed by atoms with Crippen LogP contribution in [0.3, 0.4) is 0 Å². The quantitative estimate of drug-likeness (QED) is 0.576. The second-order valence-electron chi connectivity index (χ2n) is 5.48. The molecule has 0 fully saturated rings. The molecule has 0 aliphatic rings. The molecule has 120 valence electrons. The summed E-state index contributed by atoms with van der Waals surface area (Å²) in [5.74, 6) is 0.774. The van der Waals surface area contributed by atoms with Gasteiger partial charge in [0.2, 0.25) is 0 Å². The molecule has 0 saturated heterocycles. The highest BCUT2D eigenvalue weighted by atomic mass is 14.9. The molecule has 0 aromatic heterocycles. The van der Waals surface area contributed by atoms with Crippen molar-refractivity contribution in [3.63, 3.8) is 0 Å². The van der Waals surface area contributed by atoms with Crippen LogP contribution in [-0.2, 0) is 6.42 Å². The molecule has 3 nitrogen and oxygen atoms in total. The molecule has 0 radical (unpaired) electrons. The van der Waals surface area contributed by atoms with E-state index in [0.717, 1.165) is 48.5 Å². The summed E-state index contributed by atoms with van der Waals surface area (Å²) in [7, 11) is 0. The fourth-order valence-corrected chi connectivity index (χ4v) is 2.52. The summed E-state index contributed by atoms with van der Waals surface area (Å²) in [6.07, 6.45) is 5.62. The molecule has 0 amide bonds.